The highest BCUT2D eigenvalue weighted by Gasteiger charge is 2.37. The van der Waals surface area contributed by atoms with Gasteiger partial charge < -0.3 is 4.90 Å². The Bertz CT molecular complexity index is 1990. The monoisotopic (exact) mass is 540 g/mol. The van der Waals surface area contributed by atoms with Crippen LogP contribution in [0.15, 0.2) is 150 Å². The van der Waals surface area contributed by atoms with Crippen molar-refractivity contribution >= 4 is 33.0 Å². The Kier molecular flexibility index (Phi) is 6.00. The first kappa shape index (κ1) is 24.8. The van der Waals surface area contributed by atoms with Crippen LogP contribution in [-0.4, -0.2) is 22.8 Å². The van der Waals surface area contributed by atoms with Gasteiger partial charge in [-0.05, 0) is 69.6 Å². The predicted molar refractivity (Wildman–Crippen MR) is 178 cm³/mol. The second-order valence-corrected chi connectivity index (χ2v) is 11.5. The number of nitrogens with zero attached hydrogens (tertiary/aromatic N) is 2. The number of hydrogen-bond acceptors (Lipinski definition) is 2. The van der Waals surface area contributed by atoms with E-state index in [1.807, 2.05) is 0 Å². The van der Waals surface area contributed by atoms with Crippen LogP contribution in [0.4, 0.5) is 0 Å². The van der Waals surface area contributed by atoms with E-state index in [1.165, 1.54) is 60.6 Å². The molecule has 0 radical (unpaired) electrons. The van der Waals surface area contributed by atoms with Crippen LogP contribution in [0.25, 0.3) is 38.2 Å². The molecule has 42 heavy (non-hydrogen) atoms. The maximum atomic E-state index is 5.19. The number of fused-ring (bicyclic) bond motifs is 3. The van der Waals surface area contributed by atoms with Crippen LogP contribution in [0.5, 0.6) is 0 Å². The van der Waals surface area contributed by atoms with Gasteiger partial charge in [-0.3, -0.25) is 4.99 Å². The largest absolute Gasteiger partial charge is 0.321 e. The van der Waals surface area contributed by atoms with Crippen LogP contribution in [0.1, 0.15) is 29.5 Å². The van der Waals surface area contributed by atoms with Gasteiger partial charge >= 0.3 is 0 Å². The molecule has 0 spiro atoms. The summed E-state index contributed by atoms with van der Waals surface area (Å²) in [5, 5.41) is 5.29. The van der Waals surface area contributed by atoms with E-state index in [0.29, 0.717) is 0 Å². The number of allylic oxidation sites excluding steroid dienone is 6. The van der Waals surface area contributed by atoms with Crippen LogP contribution in [0, 0.1) is 6.92 Å². The van der Waals surface area contributed by atoms with Gasteiger partial charge in [0.15, 0.2) is 0 Å². The number of amidine groups is 1. The standard InChI is InChI=1S/C40H32N2/c1-27-20-25-34-35(26-27)39(33-17-9-8-16-32(33)38(34)28-12-4-2-5-13-28)29-21-23-31(24-22-29)42-37-19-11-10-18-36(37)41-40(42)30-14-6-3-7-15-30/h2-21,23,25-26,36-37H,22,24H2,1H3. The summed E-state index contributed by atoms with van der Waals surface area (Å²) < 4.78 is 0. The minimum absolute atomic E-state index is 0.151. The van der Waals surface area contributed by atoms with Gasteiger partial charge in [-0.25, -0.2) is 0 Å². The lowest BCUT2D eigenvalue weighted by atomic mass is 9.83. The van der Waals surface area contributed by atoms with Gasteiger partial charge in [-0.1, -0.05) is 139 Å². The summed E-state index contributed by atoms with van der Waals surface area (Å²) in [5.41, 5.74) is 9.15. The molecule has 0 fully saturated rings. The second kappa shape index (κ2) is 10.2. The molecule has 2 heteroatoms. The van der Waals surface area contributed by atoms with Crippen molar-refractivity contribution in [1.29, 1.82) is 0 Å². The Morgan fingerprint density at radius 2 is 1.29 bits per heavy atom. The SMILES string of the molecule is Cc1ccc2c(-c3ccccc3)c3ccccc3c(C3=CC=C(N4C(c5ccccc5)=NC5C=CC=CC54)CC3)c2c1. The molecular weight excluding hydrogens is 508 g/mol. The maximum absolute atomic E-state index is 5.19. The third-order valence-corrected chi connectivity index (χ3v) is 8.91. The van der Waals surface area contributed by atoms with Crippen molar-refractivity contribution in [1.82, 2.24) is 4.90 Å². The summed E-state index contributed by atoms with van der Waals surface area (Å²) in [6.07, 6.45) is 15.5. The van der Waals surface area contributed by atoms with Crippen molar-refractivity contribution in [2.75, 3.05) is 0 Å². The van der Waals surface area contributed by atoms with Gasteiger partial charge in [0.2, 0.25) is 0 Å². The van der Waals surface area contributed by atoms with Gasteiger partial charge in [-0.2, -0.15) is 0 Å². The highest BCUT2D eigenvalue weighted by atomic mass is 15.3. The highest BCUT2D eigenvalue weighted by Crippen LogP contribution is 2.44. The Morgan fingerprint density at radius 1 is 0.619 bits per heavy atom. The Morgan fingerprint density at radius 3 is 2.02 bits per heavy atom. The van der Waals surface area contributed by atoms with Crippen LogP contribution < -0.4 is 0 Å². The third-order valence-electron chi connectivity index (χ3n) is 8.91. The molecule has 8 rings (SSSR count). The molecule has 2 atom stereocenters. The Balaban J connectivity index is 1.29. The summed E-state index contributed by atoms with van der Waals surface area (Å²) in [6, 6.07) is 37.8. The molecule has 2 unspecified atom stereocenters. The number of rotatable bonds is 4. The van der Waals surface area contributed by atoms with E-state index >= 15 is 0 Å². The first-order valence-corrected chi connectivity index (χ1v) is 14.9. The van der Waals surface area contributed by atoms with Gasteiger partial charge in [0, 0.05) is 11.3 Å². The molecule has 0 saturated carbocycles. The minimum Gasteiger partial charge on any atom is -0.321 e. The molecule has 1 aliphatic heterocycles. The van der Waals surface area contributed by atoms with E-state index in [9.17, 15) is 0 Å². The van der Waals surface area contributed by atoms with Crippen molar-refractivity contribution < 1.29 is 0 Å². The second-order valence-electron chi connectivity index (χ2n) is 11.5. The Hall–Kier alpha value is -4.95. The van der Waals surface area contributed by atoms with E-state index < -0.39 is 0 Å². The molecular formula is C40H32N2. The number of aryl methyl sites for hydroxylation is 1. The van der Waals surface area contributed by atoms with E-state index in [-0.39, 0.29) is 12.1 Å². The van der Waals surface area contributed by atoms with Crippen LogP contribution in [-0.2, 0) is 0 Å². The summed E-state index contributed by atoms with van der Waals surface area (Å²) in [6.45, 7) is 2.20. The van der Waals surface area contributed by atoms with Gasteiger partial charge in [0.05, 0.1) is 12.1 Å². The van der Waals surface area contributed by atoms with Gasteiger partial charge in [-0.15, -0.1) is 0 Å². The number of hydrogen-bond donors (Lipinski definition) is 0. The van der Waals surface area contributed by atoms with E-state index in [0.717, 1.165) is 18.7 Å². The summed E-state index contributed by atoms with van der Waals surface area (Å²) in [5.74, 6) is 1.07. The topological polar surface area (TPSA) is 15.6 Å². The average molecular weight is 541 g/mol. The zero-order valence-corrected chi connectivity index (χ0v) is 23.7. The molecule has 3 aliphatic rings. The molecule has 202 valence electrons. The normalized spacial score (nSPS) is 19.5. The van der Waals surface area contributed by atoms with Crippen LogP contribution >= 0.6 is 0 Å². The van der Waals surface area contributed by atoms with Gasteiger partial charge in [0.1, 0.15) is 5.84 Å². The molecule has 1 heterocycles. The van der Waals surface area contributed by atoms with Crippen molar-refractivity contribution in [2.24, 2.45) is 4.99 Å². The number of aliphatic imine (C=N–C) groups is 1. The predicted octanol–water partition coefficient (Wildman–Crippen LogP) is 9.66. The molecule has 5 aromatic carbocycles. The average Bonchev–Trinajstić information content (AvgIpc) is 3.44. The molecule has 0 amide bonds. The lowest BCUT2D eigenvalue weighted by Crippen LogP contribution is -2.38. The fraction of sp³-hybridized carbons (Fsp3) is 0.125. The molecule has 0 saturated heterocycles. The van der Waals surface area contributed by atoms with Crippen molar-refractivity contribution in [3.8, 4) is 11.1 Å². The zero-order valence-electron chi connectivity index (χ0n) is 23.7. The third kappa shape index (κ3) is 4.06. The highest BCUT2D eigenvalue weighted by molar-refractivity contribution is 6.19. The smallest absolute Gasteiger partial charge is 0.136 e. The zero-order chi connectivity index (χ0) is 28.0. The molecule has 2 nitrogen and oxygen atoms in total. The summed E-state index contributed by atoms with van der Waals surface area (Å²) in [7, 11) is 0. The van der Waals surface area contributed by atoms with Crippen molar-refractivity contribution in [3.63, 3.8) is 0 Å². The summed E-state index contributed by atoms with van der Waals surface area (Å²) in [4.78, 5) is 7.67. The van der Waals surface area contributed by atoms with E-state index in [4.69, 9.17) is 4.99 Å². The van der Waals surface area contributed by atoms with Crippen LogP contribution in [0.2, 0.25) is 0 Å². The van der Waals surface area contributed by atoms with Crippen molar-refractivity contribution in [3.05, 3.63) is 162 Å². The molecule has 2 aliphatic carbocycles. The lowest BCUT2D eigenvalue weighted by molar-refractivity contribution is 0.429. The molecule has 5 aromatic rings. The minimum atomic E-state index is 0.151. The van der Waals surface area contributed by atoms with Gasteiger partial charge in [0.25, 0.3) is 0 Å². The molecule has 0 bridgehead atoms. The number of benzene rings is 5. The molecule has 0 N–H and O–H groups in total. The Labute approximate surface area is 247 Å². The van der Waals surface area contributed by atoms with E-state index in [2.05, 4.69) is 151 Å². The summed E-state index contributed by atoms with van der Waals surface area (Å²) >= 11 is 0. The first-order valence-electron chi connectivity index (χ1n) is 14.9. The van der Waals surface area contributed by atoms with E-state index in [1.54, 1.807) is 0 Å². The fourth-order valence-corrected chi connectivity index (χ4v) is 7.00. The van der Waals surface area contributed by atoms with Crippen LogP contribution in [0.3, 0.4) is 0 Å². The fourth-order valence-electron chi connectivity index (χ4n) is 7.00. The van der Waals surface area contributed by atoms with Crippen molar-refractivity contribution in [2.45, 2.75) is 31.8 Å². The quantitative estimate of drug-likeness (QED) is 0.207. The lowest BCUT2D eigenvalue weighted by Gasteiger charge is -2.33. The molecule has 0 aromatic heterocycles. The maximum Gasteiger partial charge on any atom is 0.136 e. The first-order chi connectivity index (χ1) is 20.8.